The van der Waals surface area contributed by atoms with Gasteiger partial charge in [0, 0.05) is 24.7 Å². The second-order valence-electron chi connectivity index (χ2n) is 7.27. The molecular formula is C21H23N3O2S. The zero-order chi connectivity index (χ0) is 18.9. The van der Waals surface area contributed by atoms with Crippen molar-refractivity contribution in [3.05, 3.63) is 60.4 Å². The SMILES string of the molecule is CS(=O)(=O)c1ccc2ncnc(N3CCC(Cc4ccccc4)CC3)c2c1. The van der Waals surface area contributed by atoms with E-state index in [0.717, 1.165) is 49.1 Å². The van der Waals surface area contributed by atoms with E-state index in [1.807, 2.05) is 0 Å². The molecule has 0 aliphatic carbocycles. The third kappa shape index (κ3) is 3.95. The summed E-state index contributed by atoms with van der Waals surface area (Å²) < 4.78 is 23.9. The van der Waals surface area contributed by atoms with Crippen LogP contribution >= 0.6 is 0 Å². The fraction of sp³-hybridized carbons (Fsp3) is 0.333. The first-order valence-corrected chi connectivity index (χ1v) is 11.1. The molecule has 4 rings (SSSR count). The van der Waals surface area contributed by atoms with Crippen molar-refractivity contribution in [2.45, 2.75) is 24.2 Å². The van der Waals surface area contributed by atoms with Crippen LogP contribution in [-0.4, -0.2) is 37.7 Å². The lowest BCUT2D eigenvalue weighted by Crippen LogP contribution is -2.35. The predicted molar refractivity (Wildman–Crippen MR) is 108 cm³/mol. The highest BCUT2D eigenvalue weighted by Crippen LogP contribution is 2.30. The Kier molecular flexibility index (Phi) is 4.83. The number of fused-ring (bicyclic) bond motifs is 1. The van der Waals surface area contributed by atoms with Crippen molar-refractivity contribution in [3.63, 3.8) is 0 Å². The van der Waals surface area contributed by atoms with Gasteiger partial charge in [-0.25, -0.2) is 18.4 Å². The molecular weight excluding hydrogens is 358 g/mol. The van der Waals surface area contributed by atoms with Gasteiger partial charge in [0.2, 0.25) is 0 Å². The number of hydrogen-bond acceptors (Lipinski definition) is 5. The van der Waals surface area contributed by atoms with Gasteiger partial charge in [-0.2, -0.15) is 0 Å². The molecule has 0 atom stereocenters. The predicted octanol–water partition coefficient (Wildman–Crippen LogP) is 3.49. The van der Waals surface area contributed by atoms with E-state index in [4.69, 9.17) is 0 Å². The summed E-state index contributed by atoms with van der Waals surface area (Å²) in [5.74, 6) is 1.51. The van der Waals surface area contributed by atoms with Gasteiger partial charge in [-0.1, -0.05) is 30.3 Å². The summed E-state index contributed by atoms with van der Waals surface area (Å²) in [6.45, 7) is 1.85. The molecule has 5 nitrogen and oxygen atoms in total. The van der Waals surface area contributed by atoms with Gasteiger partial charge in [0.25, 0.3) is 0 Å². The monoisotopic (exact) mass is 381 g/mol. The summed E-state index contributed by atoms with van der Waals surface area (Å²) >= 11 is 0. The number of anilines is 1. The molecule has 1 aliphatic heterocycles. The first-order chi connectivity index (χ1) is 13.0. The average Bonchev–Trinajstić information content (AvgIpc) is 2.68. The molecule has 27 heavy (non-hydrogen) atoms. The molecule has 1 aromatic heterocycles. The zero-order valence-corrected chi connectivity index (χ0v) is 16.2. The Morgan fingerprint density at radius 2 is 1.78 bits per heavy atom. The van der Waals surface area contributed by atoms with Crippen LogP contribution in [0.5, 0.6) is 0 Å². The number of sulfone groups is 1. The number of rotatable bonds is 4. The zero-order valence-electron chi connectivity index (χ0n) is 15.4. The lowest BCUT2D eigenvalue weighted by Gasteiger charge is -2.33. The summed E-state index contributed by atoms with van der Waals surface area (Å²) in [5.41, 5.74) is 2.17. The van der Waals surface area contributed by atoms with Crippen molar-refractivity contribution in [2.75, 3.05) is 24.2 Å². The van der Waals surface area contributed by atoms with Crippen LogP contribution in [0.25, 0.3) is 10.9 Å². The van der Waals surface area contributed by atoms with Gasteiger partial charge >= 0.3 is 0 Å². The molecule has 0 radical (unpaired) electrons. The van der Waals surface area contributed by atoms with E-state index in [1.54, 1.807) is 24.5 Å². The molecule has 140 valence electrons. The molecule has 1 saturated heterocycles. The van der Waals surface area contributed by atoms with Crippen molar-refractivity contribution < 1.29 is 8.42 Å². The molecule has 0 N–H and O–H groups in total. The Morgan fingerprint density at radius 1 is 1.04 bits per heavy atom. The lowest BCUT2D eigenvalue weighted by molar-refractivity contribution is 0.402. The van der Waals surface area contributed by atoms with Gasteiger partial charge in [0.1, 0.15) is 12.1 Å². The molecule has 2 heterocycles. The highest BCUT2D eigenvalue weighted by molar-refractivity contribution is 7.90. The summed E-state index contributed by atoms with van der Waals surface area (Å²) in [5, 5.41) is 0.807. The van der Waals surface area contributed by atoms with E-state index >= 15 is 0 Å². The Hall–Kier alpha value is -2.47. The van der Waals surface area contributed by atoms with Gasteiger partial charge < -0.3 is 4.90 Å². The van der Waals surface area contributed by atoms with E-state index in [1.165, 1.54) is 11.8 Å². The first-order valence-electron chi connectivity index (χ1n) is 9.24. The van der Waals surface area contributed by atoms with E-state index in [0.29, 0.717) is 10.8 Å². The standard InChI is InChI=1S/C21H23N3O2S/c1-27(25,26)18-7-8-20-19(14-18)21(23-15-22-20)24-11-9-17(10-12-24)13-16-5-3-2-4-6-16/h2-8,14-15,17H,9-13H2,1H3. The molecule has 1 fully saturated rings. The third-order valence-corrected chi connectivity index (χ3v) is 6.41. The molecule has 0 amide bonds. The third-order valence-electron chi connectivity index (χ3n) is 5.30. The lowest BCUT2D eigenvalue weighted by atomic mass is 9.90. The van der Waals surface area contributed by atoms with E-state index in [9.17, 15) is 8.42 Å². The number of benzene rings is 2. The van der Waals surface area contributed by atoms with Gasteiger partial charge in [-0.15, -0.1) is 0 Å². The van der Waals surface area contributed by atoms with Crippen molar-refractivity contribution in [1.82, 2.24) is 9.97 Å². The van der Waals surface area contributed by atoms with Gasteiger partial charge in [0.15, 0.2) is 9.84 Å². The van der Waals surface area contributed by atoms with Crippen LogP contribution in [0.15, 0.2) is 59.8 Å². The second-order valence-corrected chi connectivity index (χ2v) is 9.28. The highest BCUT2D eigenvalue weighted by atomic mass is 32.2. The van der Waals surface area contributed by atoms with E-state index in [2.05, 4.69) is 45.2 Å². The maximum atomic E-state index is 11.9. The van der Waals surface area contributed by atoms with Crippen LogP contribution in [0.2, 0.25) is 0 Å². The molecule has 3 aromatic rings. The fourth-order valence-corrected chi connectivity index (χ4v) is 4.45. The normalized spacial score (nSPS) is 16.0. The molecule has 0 unspecified atom stereocenters. The van der Waals surface area contributed by atoms with Crippen molar-refractivity contribution in [1.29, 1.82) is 0 Å². The van der Waals surface area contributed by atoms with Crippen LogP contribution in [-0.2, 0) is 16.3 Å². The number of aromatic nitrogens is 2. The van der Waals surface area contributed by atoms with Gasteiger partial charge in [-0.05, 0) is 48.9 Å². The van der Waals surface area contributed by atoms with Gasteiger partial charge in [-0.3, -0.25) is 0 Å². The van der Waals surface area contributed by atoms with Crippen LogP contribution < -0.4 is 4.90 Å². The number of hydrogen-bond donors (Lipinski definition) is 0. The molecule has 0 bridgehead atoms. The minimum Gasteiger partial charge on any atom is -0.356 e. The molecule has 1 aliphatic rings. The number of nitrogens with zero attached hydrogens (tertiary/aromatic N) is 3. The van der Waals surface area contributed by atoms with Gasteiger partial charge in [0.05, 0.1) is 10.4 Å². The minimum atomic E-state index is -3.26. The molecule has 6 heteroatoms. The minimum absolute atomic E-state index is 0.310. The van der Waals surface area contributed by atoms with Crippen molar-refractivity contribution >= 4 is 26.6 Å². The highest BCUT2D eigenvalue weighted by Gasteiger charge is 2.22. The maximum Gasteiger partial charge on any atom is 0.175 e. The Bertz CT molecular complexity index is 1040. The summed E-state index contributed by atoms with van der Waals surface area (Å²) in [7, 11) is -3.26. The van der Waals surface area contributed by atoms with Crippen molar-refractivity contribution in [3.8, 4) is 0 Å². The number of piperidine rings is 1. The smallest absolute Gasteiger partial charge is 0.175 e. The first kappa shape index (κ1) is 17.9. The van der Waals surface area contributed by atoms with Crippen LogP contribution in [0.4, 0.5) is 5.82 Å². The second kappa shape index (κ2) is 7.27. The Labute approximate surface area is 160 Å². The van der Waals surface area contributed by atoms with Crippen molar-refractivity contribution in [2.24, 2.45) is 5.92 Å². The Balaban J connectivity index is 1.55. The van der Waals surface area contributed by atoms with Crippen LogP contribution in [0.1, 0.15) is 18.4 Å². The summed E-state index contributed by atoms with van der Waals surface area (Å²) in [6.07, 6.45) is 6.11. The topological polar surface area (TPSA) is 63.2 Å². The summed E-state index contributed by atoms with van der Waals surface area (Å²) in [6, 6.07) is 15.7. The molecule has 0 spiro atoms. The van der Waals surface area contributed by atoms with E-state index in [-0.39, 0.29) is 0 Å². The molecule has 0 saturated carbocycles. The Morgan fingerprint density at radius 3 is 2.48 bits per heavy atom. The van der Waals surface area contributed by atoms with Crippen LogP contribution in [0, 0.1) is 5.92 Å². The van der Waals surface area contributed by atoms with Crippen LogP contribution in [0.3, 0.4) is 0 Å². The maximum absolute atomic E-state index is 11.9. The fourth-order valence-electron chi connectivity index (χ4n) is 3.80. The quantitative estimate of drug-likeness (QED) is 0.692. The summed E-state index contributed by atoms with van der Waals surface area (Å²) in [4.78, 5) is 11.4. The average molecular weight is 382 g/mol. The largest absolute Gasteiger partial charge is 0.356 e. The van der Waals surface area contributed by atoms with E-state index < -0.39 is 9.84 Å². The molecule has 2 aromatic carbocycles.